The minimum Gasteiger partial charge on any atom is -0.379 e. The second-order valence-corrected chi connectivity index (χ2v) is 11.8. The Morgan fingerprint density at radius 3 is 1.02 bits per heavy atom. The van der Waals surface area contributed by atoms with Crippen molar-refractivity contribution in [2.75, 3.05) is 145 Å². The Bertz CT molecular complexity index is 868. The normalized spacial score (nSPS) is 11.9. The maximum absolute atomic E-state index is 12.0. The largest absolute Gasteiger partial charge is 0.379 e. The van der Waals surface area contributed by atoms with E-state index in [1.807, 2.05) is 0 Å². The zero-order chi connectivity index (χ0) is 33.8. The van der Waals surface area contributed by atoms with Gasteiger partial charge in [0.25, 0.3) is 10.1 Å². The molecular weight excluding hydrogens is 660 g/mol. The quantitative estimate of drug-likeness (QED) is 0.0563. The number of alkyl halides is 1. The number of ether oxygens (including phenoxy) is 10. The molecule has 47 heavy (non-hydrogen) atoms. The van der Waals surface area contributed by atoms with Gasteiger partial charge in [0.05, 0.1) is 137 Å². The SMILES string of the molecule is O=S(=O)(OCCOCCOCCOCCOCCOCCOCCOCCOCCOCCOCCCCCCCl)c1ccccc1. The lowest BCUT2D eigenvalue weighted by molar-refractivity contribution is -0.0267. The average Bonchev–Trinajstić information content (AvgIpc) is 3.08. The van der Waals surface area contributed by atoms with E-state index in [0.717, 1.165) is 38.2 Å². The van der Waals surface area contributed by atoms with Gasteiger partial charge < -0.3 is 47.4 Å². The van der Waals surface area contributed by atoms with Crippen LogP contribution in [0.5, 0.6) is 0 Å². The fourth-order valence-electron chi connectivity index (χ4n) is 3.59. The molecule has 0 spiro atoms. The van der Waals surface area contributed by atoms with E-state index in [0.29, 0.717) is 119 Å². The molecule has 0 amide bonds. The van der Waals surface area contributed by atoms with Crippen LogP contribution in [0, 0.1) is 0 Å². The molecule has 0 atom stereocenters. The van der Waals surface area contributed by atoms with Gasteiger partial charge in [-0.15, -0.1) is 11.6 Å². The number of benzene rings is 1. The molecule has 1 aromatic rings. The van der Waals surface area contributed by atoms with E-state index in [4.69, 9.17) is 63.2 Å². The lowest BCUT2D eigenvalue weighted by atomic mass is 10.2. The Balaban J connectivity index is 1.65. The van der Waals surface area contributed by atoms with Gasteiger partial charge in [0.1, 0.15) is 0 Å². The predicted octanol–water partition coefficient (Wildman–Crippen LogP) is 3.36. The van der Waals surface area contributed by atoms with Crippen LogP contribution in [-0.4, -0.2) is 153 Å². The lowest BCUT2D eigenvalue weighted by Gasteiger charge is -2.09. The second-order valence-electron chi connectivity index (χ2n) is 9.82. The van der Waals surface area contributed by atoms with Crippen LogP contribution in [0.15, 0.2) is 35.2 Å². The second kappa shape index (κ2) is 34.9. The van der Waals surface area contributed by atoms with Crippen molar-refractivity contribution in [3.05, 3.63) is 30.3 Å². The maximum Gasteiger partial charge on any atom is 0.297 e. The zero-order valence-corrected chi connectivity index (χ0v) is 29.4. The molecule has 276 valence electrons. The smallest absolute Gasteiger partial charge is 0.297 e. The standard InChI is InChI=1S/C32H57ClO13S/c33-10-6-1-2-7-11-36-12-13-37-14-15-38-16-17-39-18-19-40-20-21-41-22-23-42-24-25-43-26-27-44-28-29-45-30-31-46-47(34,35)32-8-4-3-5-9-32/h3-5,8-9H,1-2,6-7,10-31H2. The average molecular weight is 717 g/mol. The van der Waals surface area contributed by atoms with Gasteiger partial charge in [-0.3, -0.25) is 4.18 Å². The number of rotatable bonds is 38. The van der Waals surface area contributed by atoms with E-state index in [9.17, 15) is 8.42 Å². The van der Waals surface area contributed by atoms with E-state index in [-0.39, 0.29) is 18.1 Å². The number of halogens is 1. The van der Waals surface area contributed by atoms with Gasteiger partial charge in [0.15, 0.2) is 0 Å². The van der Waals surface area contributed by atoms with Gasteiger partial charge >= 0.3 is 0 Å². The summed E-state index contributed by atoms with van der Waals surface area (Å²) in [7, 11) is -3.76. The highest BCUT2D eigenvalue weighted by Crippen LogP contribution is 2.10. The van der Waals surface area contributed by atoms with Crippen LogP contribution in [0.25, 0.3) is 0 Å². The highest BCUT2D eigenvalue weighted by atomic mass is 35.5. The fourth-order valence-corrected chi connectivity index (χ4v) is 4.69. The van der Waals surface area contributed by atoms with Crippen LogP contribution >= 0.6 is 11.6 Å². The molecule has 0 unspecified atom stereocenters. The molecule has 0 N–H and O–H groups in total. The maximum atomic E-state index is 12.0. The van der Waals surface area contributed by atoms with Crippen LogP contribution in [0.2, 0.25) is 0 Å². The molecule has 15 heteroatoms. The van der Waals surface area contributed by atoms with Gasteiger partial charge in [0, 0.05) is 12.5 Å². The highest BCUT2D eigenvalue weighted by Gasteiger charge is 2.13. The van der Waals surface area contributed by atoms with Gasteiger partial charge in [-0.05, 0) is 25.0 Å². The van der Waals surface area contributed by atoms with Crippen molar-refractivity contribution in [1.29, 1.82) is 0 Å². The molecule has 0 radical (unpaired) electrons. The summed E-state index contributed by atoms with van der Waals surface area (Å²) < 4.78 is 83.4. The lowest BCUT2D eigenvalue weighted by Crippen LogP contribution is -2.15. The molecule has 1 aromatic carbocycles. The monoisotopic (exact) mass is 716 g/mol. The van der Waals surface area contributed by atoms with Crippen LogP contribution in [0.3, 0.4) is 0 Å². The third-order valence-corrected chi connectivity index (χ3v) is 7.61. The first-order chi connectivity index (χ1) is 23.2. The van der Waals surface area contributed by atoms with E-state index in [1.54, 1.807) is 18.2 Å². The molecule has 0 saturated carbocycles. The fraction of sp³-hybridized carbons (Fsp3) is 0.812. The van der Waals surface area contributed by atoms with Crippen LogP contribution in [-0.2, 0) is 61.7 Å². The molecular formula is C32H57ClO13S. The van der Waals surface area contributed by atoms with Crippen molar-refractivity contribution in [3.8, 4) is 0 Å². The van der Waals surface area contributed by atoms with Gasteiger partial charge in [0.2, 0.25) is 0 Å². The van der Waals surface area contributed by atoms with E-state index in [1.165, 1.54) is 12.1 Å². The van der Waals surface area contributed by atoms with Gasteiger partial charge in [-0.1, -0.05) is 31.0 Å². The highest BCUT2D eigenvalue weighted by molar-refractivity contribution is 7.86. The molecule has 0 aromatic heterocycles. The molecule has 1 rings (SSSR count). The third kappa shape index (κ3) is 30.8. The van der Waals surface area contributed by atoms with Crippen molar-refractivity contribution < 1.29 is 60.0 Å². The first kappa shape index (κ1) is 44.0. The number of unbranched alkanes of at least 4 members (excludes halogenated alkanes) is 3. The Morgan fingerprint density at radius 1 is 0.383 bits per heavy atom. The minimum atomic E-state index is -3.76. The molecule has 0 saturated heterocycles. The van der Waals surface area contributed by atoms with Crippen LogP contribution in [0.4, 0.5) is 0 Å². The Morgan fingerprint density at radius 2 is 0.681 bits per heavy atom. The third-order valence-electron chi connectivity index (χ3n) is 6.02. The molecule has 13 nitrogen and oxygen atoms in total. The van der Waals surface area contributed by atoms with Crippen molar-refractivity contribution in [2.24, 2.45) is 0 Å². The molecule has 0 fully saturated rings. The minimum absolute atomic E-state index is 0.0574. The first-order valence-corrected chi connectivity index (χ1v) is 18.4. The number of hydrogen-bond donors (Lipinski definition) is 0. The molecule has 0 aliphatic rings. The summed E-state index contributed by atoms with van der Waals surface area (Å²) in [6.45, 7) is 9.61. The summed E-state index contributed by atoms with van der Waals surface area (Å²) in [6, 6.07) is 7.98. The van der Waals surface area contributed by atoms with Crippen LogP contribution < -0.4 is 0 Å². The Hall–Kier alpha value is -0.980. The summed E-state index contributed by atoms with van der Waals surface area (Å²) in [6.07, 6.45) is 4.47. The summed E-state index contributed by atoms with van der Waals surface area (Å²) in [5.74, 6) is 0.738. The molecule has 0 heterocycles. The molecule has 0 aliphatic carbocycles. The topological polar surface area (TPSA) is 136 Å². The van der Waals surface area contributed by atoms with Crippen molar-refractivity contribution in [3.63, 3.8) is 0 Å². The summed E-state index contributed by atoms with van der Waals surface area (Å²) in [5, 5.41) is 0. The van der Waals surface area contributed by atoms with Gasteiger partial charge in [-0.2, -0.15) is 8.42 Å². The van der Waals surface area contributed by atoms with E-state index < -0.39 is 10.1 Å². The van der Waals surface area contributed by atoms with Gasteiger partial charge in [-0.25, -0.2) is 0 Å². The van der Waals surface area contributed by atoms with Crippen molar-refractivity contribution in [1.82, 2.24) is 0 Å². The molecule has 0 bridgehead atoms. The van der Waals surface area contributed by atoms with Crippen molar-refractivity contribution >= 4 is 21.7 Å². The predicted molar refractivity (Wildman–Crippen MR) is 177 cm³/mol. The van der Waals surface area contributed by atoms with Crippen molar-refractivity contribution in [2.45, 2.75) is 30.6 Å². The Labute approximate surface area is 286 Å². The van der Waals surface area contributed by atoms with E-state index >= 15 is 0 Å². The zero-order valence-electron chi connectivity index (χ0n) is 27.9. The van der Waals surface area contributed by atoms with Crippen LogP contribution in [0.1, 0.15) is 25.7 Å². The number of hydrogen-bond acceptors (Lipinski definition) is 13. The first-order valence-electron chi connectivity index (χ1n) is 16.4. The van der Waals surface area contributed by atoms with E-state index in [2.05, 4.69) is 0 Å². The summed E-state index contributed by atoms with van der Waals surface area (Å²) in [4.78, 5) is 0.121. The summed E-state index contributed by atoms with van der Waals surface area (Å²) >= 11 is 5.65. The Kier molecular flexibility index (Phi) is 32.7. The molecule has 0 aliphatic heterocycles. The summed E-state index contributed by atoms with van der Waals surface area (Å²) in [5.41, 5.74) is 0.